The van der Waals surface area contributed by atoms with Gasteiger partial charge in [-0.15, -0.1) is 0 Å². The molecule has 4 heteroatoms. The van der Waals surface area contributed by atoms with Crippen molar-refractivity contribution in [1.82, 2.24) is 9.80 Å². The molecule has 0 spiro atoms. The van der Waals surface area contributed by atoms with Gasteiger partial charge in [0.15, 0.2) is 0 Å². The molecule has 0 saturated carbocycles. The van der Waals surface area contributed by atoms with Crippen molar-refractivity contribution in [1.29, 1.82) is 0 Å². The smallest absolute Gasteiger partial charge is 0.414 e. The van der Waals surface area contributed by atoms with Crippen LogP contribution in [0.15, 0.2) is 42.7 Å². The average molecular weight is 316 g/mol. The summed E-state index contributed by atoms with van der Waals surface area (Å²) in [7, 11) is 0. The lowest BCUT2D eigenvalue weighted by Crippen LogP contribution is -2.50. The third kappa shape index (κ3) is 5.02. The maximum atomic E-state index is 12.4. The first-order valence-corrected chi connectivity index (χ1v) is 8.24. The third-order valence-corrected chi connectivity index (χ3v) is 3.82. The molecular formula is C19H28N2O2. The van der Waals surface area contributed by atoms with Gasteiger partial charge in [0.2, 0.25) is 0 Å². The standard InChI is InChI=1S/C19H28N2O2/c1-15(2)17-14-20(13-16-9-7-6-8-10-16)11-12-21(17)18(22)23-19(3,4)5/h6-12,15,17H,13-14H2,1-5H3/t17-/m1/s1. The summed E-state index contributed by atoms with van der Waals surface area (Å²) >= 11 is 0. The van der Waals surface area contributed by atoms with Crippen molar-refractivity contribution in [2.75, 3.05) is 6.54 Å². The van der Waals surface area contributed by atoms with E-state index in [0.29, 0.717) is 5.92 Å². The molecule has 1 aromatic rings. The first-order valence-electron chi connectivity index (χ1n) is 8.24. The molecule has 1 heterocycles. The number of carbonyl (C=O) groups is 1. The van der Waals surface area contributed by atoms with E-state index in [4.69, 9.17) is 4.74 Å². The van der Waals surface area contributed by atoms with Gasteiger partial charge in [-0.1, -0.05) is 44.2 Å². The van der Waals surface area contributed by atoms with E-state index in [-0.39, 0.29) is 12.1 Å². The number of amides is 1. The maximum Gasteiger partial charge on any atom is 0.414 e. The summed E-state index contributed by atoms with van der Waals surface area (Å²) in [6.45, 7) is 11.6. The summed E-state index contributed by atoms with van der Waals surface area (Å²) in [5, 5.41) is 0. The van der Waals surface area contributed by atoms with Crippen LogP contribution >= 0.6 is 0 Å². The lowest BCUT2D eigenvalue weighted by atomic mass is 10.0. The van der Waals surface area contributed by atoms with Crippen LogP contribution in [0.3, 0.4) is 0 Å². The number of benzene rings is 1. The first kappa shape index (κ1) is 17.4. The van der Waals surface area contributed by atoms with E-state index in [1.807, 2.05) is 39.2 Å². The highest BCUT2D eigenvalue weighted by molar-refractivity contribution is 5.70. The summed E-state index contributed by atoms with van der Waals surface area (Å²) in [5.74, 6) is 0.353. The van der Waals surface area contributed by atoms with E-state index in [1.54, 1.807) is 4.90 Å². The fraction of sp³-hybridized carbons (Fsp3) is 0.526. The summed E-state index contributed by atoms with van der Waals surface area (Å²) < 4.78 is 5.53. The van der Waals surface area contributed by atoms with Crippen LogP contribution in [-0.4, -0.2) is 34.1 Å². The second-order valence-corrected chi connectivity index (χ2v) is 7.41. The Hall–Kier alpha value is -1.97. The van der Waals surface area contributed by atoms with Crippen LogP contribution in [0.2, 0.25) is 0 Å². The zero-order valence-electron chi connectivity index (χ0n) is 14.8. The van der Waals surface area contributed by atoms with Gasteiger partial charge in [0.25, 0.3) is 0 Å². The predicted octanol–water partition coefficient (Wildman–Crippen LogP) is 4.24. The van der Waals surface area contributed by atoms with Crippen LogP contribution in [0.4, 0.5) is 4.79 Å². The number of nitrogens with zero attached hydrogens (tertiary/aromatic N) is 2. The maximum absolute atomic E-state index is 12.4. The lowest BCUT2D eigenvalue weighted by molar-refractivity contribution is 0.0166. The minimum absolute atomic E-state index is 0.110. The molecule has 0 radical (unpaired) electrons. The molecule has 0 aromatic heterocycles. The molecule has 0 aliphatic carbocycles. The minimum atomic E-state index is -0.479. The van der Waals surface area contributed by atoms with Gasteiger partial charge in [0.05, 0.1) is 6.04 Å². The summed E-state index contributed by atoms with van der Waals surface area (Å²) in [5.41, 5.74) is 0.790. The van der Waals surface area contributed by atoms with Crippen molar-refractivity contribution in [3.05, 3.63) is 48.3 Å². The van der Waals surface area contributed by atoms with Gasteiger partial charge >= 0.3 is 6.09 Å². The third-order valence-electron chi connectivity index (χ3n) is 3.82. The molecule has 1 aliphatic heterocycles. The van der Waals surface area contributed by atoms with Crippen molar-refractivity contribution in [2.45, 2.75) is 52.8 Å². The van der Waals surface area contributed by atoms with Crippen LogP contribution in [0, 0.1) is 5.92 Å². The second-order valence-electron chi connectivity index (χ2n) is 7.41. The molecule has 1 aromatic carbocycles. The number of hydrogen-bond acceptors (Lipinski definition) is 3. The van der Waals surface area contributed by atoms with Gasteiger partial charge in [0, 0.05) is 25.5 Å². The first-order chi connectivity index (χ1) is 10.8. The monoisotopic (exact) mass is 316 g/mol. The highest BCUT2D eigenvalue weighted by atomic mass is 16.6. The van der Waals surface area contributed by atoms with Crippen LogP contribution in [0.5, 0.6) is 0 Å². The number of ether oxygens (including phenoxy) is 1. The molecule has 0 saturated heterocycles. The van der Waals surface area contributed by atoms with Crippen LogP contribution < -0.4 is 0 Å². The van der Waals surface area contributed by atoms with Gasteiger partial charge in [0.1, 0.15) is 5.60 Å². The van der Waals surface area contributed by atoms with Crippen molar-refractivity contribution in [2.24, 2.45) is 5.92 Å². The van der Waals surface area contributed by atoms with Crippen LogP contribution in [0.1, 0.15) is 40.2 Å². The fourth-order valence-electron chi connectivity index (χ4n) is 2.64. The molecule has 0 unspecified atom stereocenters. The summed E-state index contributed by atoms with van der Waals surface area (Å²) in [6, 6.07) is 10.5. The lowest BCUT2D eigenvalue weighted by Gasteiger charge is -2.40. The Morgan fingerprint density at radius 2 is 1.87 bits per heavy atom. The van der Waals surface area contributed by atoms with Crippen molar-refractivity contribution in [3.8, 4) is 0 Å². The van der Waals surface area contributed by atoms with Gasteiger partial charge < -0.3 is 9.64 Å². The molecule has 0 fully saturated rings. The molecule has 0 N–H and O–H groups in total. The van der Waals surface area contributed by atoms with E-state index >= 15 is 0 Å². The molecule has 126 valence electrons. The number of hydrogen-bond donors (Lipinski definition) is 0. The minimum Gasteiger partial charge on any atom is -0.443 e. The normalized spacial score (nSPS) is 18.4. The SMILES string of the molecule is CC(C)[C@H]1CN(Cc2ccccc2)C=CN1C(=O)OC(C)(C)C. The second kappa shape index (κ2) is 7.07. The van der Waals surface area contributed by atoms with E-state index in [9.17, 15) is 4.79 Å². The van der Waals surface area contributed by atoms with Crippen molar-refractivity contribution < 1.29 is 9.53 Å². The Labute approximate surface area is 139 Å². The molecule has 2 rings (SSSR count). The topological polar surface area (TPSA) is 32.8 Å². The van der Waals surface area contributed by atoms with E-state index in [2.05, 4.69) is 43.0 Å². The Bertz CT molecular complexity index is 546. The van der Waals surface area contributed by atoms with Gasteiger partial charge in [-0.2, -0.15) is 0 Å². The summed E-state index contributed by atoms with van der Waals surface area (Å²) in [6.07, 6.45) is 3.56. The highest BCUT2D eigenvalue weighted by Crippen LogP contribution is 2.22. The van der Waals surface area contributed by atoms with Crippen molar-refractivity contribution in [3.63, 3.8) is 0 Å². The van der Waals surface area contributed by atoms with Gasteiger partial charge in [-0.25, -0.2) is 4.79 Å². The van der Waals surface area contributed by atoms with E-state index in [0.717, 1.165) is 13.1 Å². The van der Waals surface area contributed by atoms with Gasteiger partial charge in [-0.3, -0.25) is 4.90 Å². The predicted molar refractivity (Wildman–Crippen MR) is 92.7 cm³/mol. The number of rotatable bonds is 3. The van der Waals surface area contributed by atoms with Crippen LogP contribution in [0.25, 0.3) is 0 Å². The molecule has 4 nitrogen and oxygen atoms in total. The molecule has 23 heavy (non-hydrogen) atoms. The zero-order chi connectivity index (χ0) is 17.0. The Morgan fingerprint density at radius 1 is 1.22 bits per heavy atom. The molecule has 1 amide bonds. The Balaban J connectivity index is 2.10. The quantitative estimate of drug-likeness (QED) is 0.836. The Kier molecular flexibility index (Phi) is 5.34. The number of carbonyl (C=O) groups excluding carboxylic acids is 1. The molecule has 0 bridgehead atoms. The average Bonchev–Trinajstić information content (AvgIpc) is 2.46. The molecule has 1 aliphatic rings. The molecular weight excluding hydrogens is 288 g/mol. The fourth-order valence-corrected chi connectivity index (χ4v) is 2.64. The Morgan fingerprint density at radius 3 is 2.43 bits per heavy atom. The zero-order valence-corrected chi connectivity index (χ0v) is 14.8. The van der Waals surface area contributed by atoms with E-state index in [1.165, 1.54) is 5.56 Å². The van der Waals surface area contributed by atoms with Gasteiger partial charge in [-0.05, 0) is 32.3 Å². The van der Waals surface area contributed by atoms with E-state index < -0.39 is 5.60 Å². The highest BCUT2D eigenvalue weighted by Gasteiger charge is 2.32. The van der Waals surface area contributed by atoms with Crippen LogP contribution in [-0.2, 0) is 11.3 Å². The summed E-state index contributed by atoms with van der Waals surface area (Å²) in [4.78, 5) is 16.4. The van der Waals surface area contributed by atoms with Crippen molar-refractivity contribution >= 4 is 6.09 Å². The largest absolute Gasteiger partial charge is 0.443 e. The molecule has 1 atom stereocenters.